The van der Waals surface area contributed by atoms with Crippen LogP contribution in [-0.2, 0) is 9.47 Å². The third kappa shape index (κ3) is 1.93. The molecule has 2 aliphatic heterocycles. The number of nitriles is 3. The van der Waals surface area contributed by atoms with Crippen LogP contribution < -0.4 is 0 Å². The highest BCUT2D eigenvalue weighted by Crippen LogP contribution is 2.70. The molecule has 2 heterocycles. The summed E-state index contributed by atoms with van der Waals surface area (Å²) in [6.07, 6.45) is 2.02. The van der Waals surface area contributed by atoms with Gasteiger partial charge in [-0.2, -0.15) is 15.8 Å². The van der Waals surface area contributed by atoms with Crippen LogP contribution in [0.25, 0.3) is 0 Å². The Labute approximate surface area is 158 Å². The normalized spacial score (nSPS) is 38.6. The molecule has 1 aromatic carbocycles. The van der Waals surface area contributed by atoms with Crippen LogP contribution >= 0.6 is 0 Å². The minimum absolute atomic E-state index is 0.298. The van der Waals surface area contributed by atoms with E-state index in [1.807, 2.05) is 18.2 Å². The van der Waals surface area contributed by atoms with E-state index in [4.69, 9.17) is 14.9 Å². The predicted octanol–water partition coefficient (Wildman–Crippen LogP) is 3.83. The first kappa shape index (κ1) is 17.5. The minimum atomic E-state index is -1.85. The molecule has 3 fully saturated rings. The van der Waals surface area contributed by atoms with E-state index in [1.165, 1.54) is 0 Å². The highest BCUT2D eigenvalue weighted by molar-refractivity contribution is 5.89. The summed E-state index contributed by atoms with van der Waals surface area (Å²) in [5, 5.41) is 39.1. The second-order valence-corrected chi connectivity index (χ2v) is 7.70. The van der Waals surface area contributed by atoms with Gasteiger partial charge in [-0.05, 0) is 24.3 Å². The number of hydrogen-bond donors (Lipinski definition) is 1. The topological polar surface area (TPSA) is 114 Å². The largest absolute Gasteiger partial charge is 0.447 e. The van der Waals surface area contributed by atoms with Gasteiger partial charge in [-0.3, -0.25) is 5.41 Å². The number of nitrogens with zero attached hydrogens (tertiary/aromatic N) is 3. The van der Waals surface area contributed by atoms with Crippen LogP contribution in [0.3, 0.4) is 0 Å². The van der Waals surface area contributed by atoms with E-state index in [-0.39, 0.29) is 5.90 Å². The van der Waals surface area contributed by atoms with E-state index in [0.29, 0.717) is 24.3 Å². The van der Waals surface area contributed by atoms with E-state index >= 15 is 0 Å². The van der Waals surface area contributed by atoms with Crippen molar-refractivity contribution in [2.24, 2.45) is 22.7 Å². The van der Waals surface area contributed by atoms with Crippen LogP contribution in [0.4, 0.5) is 0 Å². The van der Waals surface area contributed by atoms with Crippen molar-refractivity contribution in [3.8, 4) is 18.2 Å². The van der Waals surface area contributed by atoms with E-state index < -0.39 is 28.6 Å². The van der Waals surface area contributed by atoms with Gasteiger partial charge in [0, 0.05) is 6.42 Å². The van der Waals surface area contributed by atoms with E-state index in [2.05, 4.69) is 25.1 Å². The Bertz CT molecular complexity index is 895. The first-order chi connectivity index (χ1) is 13.0. The van der Waals surface area contributed by atoms with Gasteiger partial charge < -0.3 is 9.47 Å². The maximum absolute atomic E-state index is 10.3. The fourth-order valence-corrected chi connectivity index (χ4v) is 5.22. The predicted molar refractivity (Wildman–Crippen MR) is 94.6 cm³/mol. The summed E-state index contributed by atoms with van der Waals surface area (Å²) in [6, 6.07) is 15.4. The van der Waals surface area contributed by atoms with Gasteiger partial charge in [0.1, 0.15) is 6.10 Å². The molecule has 0 radical (unpaired) electrons. The molecule has 27 heavy (non-hydrogen) atoms. The molecule has 2 bridgehead atoms. The lowest BCUT2D eigenvalue weighted by molar-refractivity contribution is -0.299. The van der Waals surface area contributed by atoms with Crippen molar-refractivity contribution in [3.05, 3.63) is 35.9 Å². The number of hydrogen-bond acceptors (Lipinski definition) is 6. The minimum Gasteiger partial charge on any atom is -0.447 e. The summed E-state index contributed by atoms with van der Waals surface area (Å²) < 4.78 is 12.3. The summed E-state index contributed by atoms with van der Waals surface area (Å²) in [7, 11) is 0. The highest BCUT2D eigenvalue weighted by Gasteiger charge is 2.80. The SMILES string of the molecule is CCC1CCC23OC(=N)C(C#N)(C2C1)C(C#N)(C#N)C(c1ccccc1)O3. The second kappa shape index (κ2) is 5.81. The van der Waals surface area contributed by atoms with Crippen molar-refractivity contribution in [1.29, 1.82) is 21.2 Å². The van der Waals surface area contributed by atoms with Crippen LogP contribution in [0.15, 0.2) is 30.3 Å². The molecular weight excluding hydrogens is 340 g/mol. The summed E-state index contributed by atoms with van der Waals surface area (Å²) in [4.78, 5) is 0. The molecule has 0 amide bonds. The average molecular weight is 360 g/mol. The van der Waals surface area contributed by atoms with E-state index in [9.17, 15) is 15.8 Å². The van der Waals surface area contributed by atoms with Gasteiger partial charge in [0.05, 0.1) is 24.1 Å². The molecule has 4 rings (SSSR count). The van der Waals surface area contributed by atoms with Crippen molar-refractivity contribution in [3.63, 3.8) is 0 Å². The van der Waals surface area contributed by atoms with Crippen LogP contribution in [0.2, 0.25) is 0 Å². The molecule has 5 atom stereocenters. The summed E-state index contributed by atoms with van der Waals surface area (Å²) in [5.41, 5.74) is -2.84. The Kier molecular flexibility index (Phi) is 3.77. The van der Waals surface area contributed by atoms with Crippen molar-refractivity contribution < 1.29 is 9.47 Å². The third-order valence-electron chi connectivity index (χ3n) is 6.70. The second-order valence-electron chi connectivity index (χ2n) is 7.70. The van der Waals surface area contributed by atoms with E-state index in [1.54, 1.807) is 12.1 Å². The standard InChI is InChI=1S/C21H20N4O2/c1-2-14-8-9-21-16(10-14)20(13-24,18(25)27-21)19(11-22,12-23)17(26-21)15-6-4-3-5-7-15/h3-7,14,16-17,25H,2,8-10H2,1H3. The Morgan fingerprint density at radius 1 is 1.15 bits per heavy atom. The van der Waals surface area contributed by atoms with Crippen LogP contribution in [0.1, 0.15) is 44.3 Å². The molecule has 5 unspecified atom stereocenters. The first-order valence-electron chi connectivity index (χ1n) is 9.28. The van der Waals surface area contributed by atoms with Gasteiger partial charge in [-0.1, -0.05) is 43.7 Å². The van der Waals surface area contributed by atoms with Crippen LogP contribution in [0.5, 0.6) is 0 Å². The van der Waals surface area contributed by atoms with Crippen LogP contribution in [0, 0.1) is 62.1 Å². The zero-order valence-electron chi connectivity index (χ0n) is 15.1. The van der Waals surface area contributed by atoms with Crippen molar-refractivity contribution in [2.45, 2.75) is 44.5 Å². The smallest absolute Gasteiger partial charge is 0.217 e. The zero-order chi connectivity index (χ0) is 19.3. The molecule has 136 valence electrons. The Morgan fingerprint density at radius 3 is 2.44 bits per heavy atom. The van der Waals surface area contributed by atoms with Crippen molar-refractivity contribution in [1.82, 2.24) is 0 Å². The van der Waals surface area contributed by atoms with Crippen molar-refractivity contribution >= 4 is 5.90 Å². The number of rotatable bonds is 2. The summed E-state index contributed by atoms with van der Waals surface area (Å²) >= 11 is 0. The maximum atomic E-state index is 10.3. The molecule has 6 nitrogen and oxygen atoms in total. The lowest BCUT2D eigenvalue weighted by Crippen LogP contribution is -2.61. The fourth-order valence-electron chi connectivity index (χ4n) is 5.22. The molecule has 0 aromatic heterocycles. The Balaban J connectivity index is 1.97. The van der Waals surface area contributed by atoms with Crippen LogP contribution in [-0.4, -0.2) is 11.7 Å². The molecule has 1 N–H and O–H groups in total. The zero-order valence-corrected chi connectivity index (χ0v) is 15.1. The van der Waals surface area contributed by atoms with Crippen molar-refractivity contribution in [2.75, 3.05) is 0 Å². The van der Waals surface area contributed by atoms with Gasteiger partial charge in [-0.25, -0.2) is 0 Å². The molecule has 1 aromatic rings. The number of benzene rings is 1. The first-order valence-corrected chi connectivity index (χ1v) is 9.28. The third-order valence-corrected chi connectivity index (χ3v) is 6.70. The number of ether oxygens (including phenoxy) is 2. The average Bonchev–Trinajstić information content (AvgIpc) is 2.92. The fraction of sp³-hybridized carbons (Fsp3) is 0.524. The Hall–Kier alpha value is -2.88. The molecule has 0 spiro atoms. The monoisotopic (exact) mass is 360 g/mol. The Morgan fingerprint density at radius 2 is 1.85 bits per heavy atom. The lowest BCUT2D eigenvalue weighted by Gasteiger charge is -2.52. The molecule has 6 heteroatoms. The van der Waals surface area contributed by atoms with Gasteiger partial charge in [0.25, 0.3) is 0 Å². The van der Waals surface area contributed by atoms with Gasteiger partial charge in [-0.15, -0.1) is 0 Å². The molecule has 2 saturated heterocycles. The number of nitrogens with one attached hydrogen (secondary N) is 1. The quantitative estimate of drug-likeness (QED) is 0.861. The summed E-state index contributed by atoms with van der Waals surface area (Å²) in [6.45, 7) is 2.09. The molecule has 3 aliphatic rings. The molecule has 1 saturated carbocycles. The summed E-state index contributed by atoms with van der Waals surface area (Å²) in [5.74, 6) is -1.55. The van der Waals surface area contributed by atoms with E-state index in [0.717, 1.165) is 12.8 Å². The molecule has 1 aliphatic carbocycles. The highest BCUT2D eigenvalue weighted by atomic mass is 16.7. The maximum Gasteiger partial charge on any atom is 0.217 e. The lowest BCUT2D eigenvalue weighted by atomic mass is 9.50. The van der Waals surface area contributed by atoms with Gasteiger partial charge >= 0.3 is 0 Å². The molecular formula is C21H20N4O2. The van der Waals surface area contributed by atoms with Gasteiger partial charge in [0.2, 0.25) is 17.1 Å². The van der Waals surface area contributed by atoms with Gasteiger partial charge in [0.15, 0.2) is 5.41 Å².